The van der Waals surface area contributed by atoms with E-state index in [1.807, 2.05) is 12.1 Å². The van der Waals surface area contributed by atoms with Crippen molar-refractivity contribution in [2.75, 3.05) is 11.4 Å². The quantitative estimate of drug-likeness (QED) is 0.874. The average molecular weight is 236 g/mol. The first kappa shape index (κ1) is 12.4. The molecule has 0 bridgehead atoms. The number of benzene rings is 1. The Labute approximate surface area is 103 Å². The number of hydrogen-bond acceptors (Lipinski definition) is 2. The first-order valence-corrected chi connectivity index (χ1v) is 6.51. The highest BCUT2D eigenvalue weighted by Crippen LogP contribution is 2.27. The molecule has 2 rings (SSSR count). The van der Waals surface area contributed by atoms with Crippen LogP contribution in [0.4, 0.5) is 10.1 Å². The van der Waals surface area contributed by atoms with Crippen LogP contribution in [-0.2, 0) is 6.54 Å². The van der Waals surface area contributed by atoms with Crippen molar-refractivity contribution < 1.29 is 4.39 Å². The number of nitrogens with zero attached hydrogens (tertiary/aromatic N) is 1. The number of halogens is 1. The summed E-state index contributed by atoms with van der Waals surface area (Å²) < 4.78 is 13.7. The summed E-state index contributed by atoms with van der Waals surface area (Å²) >= 11 is 0. The first-order chi connectivity index (χ1) is 8.26. The summed E-state index contributed by atoms with van der Waals surface area (Å²) in [6, 6.07) is 6.01. The van der Waals surface area contributed by atoms with Crippen LogP contribution < -0.4 is 10.6 Å². The molecule has 1 unspecified atom stereocenters. The Kier molecular flexibility index (Phi) is 4.00. The zero-order valence-corrected chi connectivity index (χ0v) is 10.5. The van der Waals surface area contributed by atoms with Gasteiger partial charge in [-0.25, -0.2) is 4.39 Å². The van der Waals surface area contributed by atoms with E-state index in [2.05, 4.69) is 11.8 Å². The largest absolute Gasteiger partial charge is 0.368 e. The molecule has 1 aliphatic rings. The molecule has 1 saturated heterocycles. The maximum Gasteiger partial charge on any atom is 0.129 e. The second-order valence-electron chi connectivity index (χ2n) is 4.73. The molecule has 1 heterocycles. The topological polar surface area (TPSA) is 29.3 Å². The normalized spacial score (nSPS) is 20.6. The third kappa shape index (κ3) is 2.60. The van der Waals surface area contributed by atoms with Crippen molar-refractivity contribution >= 4 is 5.69 Å². The number of anilines is 1. The summed E-state index contributed by atoms with van der Waals surface area (Å²) in [5.41, 5.74) is 7.08. The van der Waals surface area contributed by atoms with Crippen LogP contribution in [-0.4, -0.2) is 12.6 Å². The van der Waals surface area contributed by atoms with Gasteiger partial charge < -0.3 is 10.6 Å². The fraction of sp³-hybridized carbons (Fsp3) is 0.571. The van der Waals surface area contributed by atoms with Crippen LogP contribution in [0.2, 0.25) is 0 Å². The van der Waals surface area contributed by atoms with Gasteiger partial charge >= 0.3 is 0 Å². The fourth-order valence-electron chi connectivity index (χ4n) is 2.65. The van der Waals surface area contributed by atoms with Crippen molar-refractivity contribution in [1.29, 1.82) is 0 Å². The monoisotopic (exact) mass is 236 g/mol. The van der Waals surface area contributed by atoms with Gasteiger partial charge in [0.25, 0.3) is 0 Å². The first-order valence-electron chi connectivity index (χ1n) is 6.51. The molecule has 0 spiro atoms. The predicted octanol–water partition coefficient (Wildman–Crippen LogP) is 3.05. The van der Waals surface area contributed by atoms with E-state index in [4.69, 9.17) is 5.73 Å². The highest BCUT2D eigenvalue weighted by atomic mass is 19.1. The van der Waals surface area contributed by atoms with Crippen LogP contribution >= 0.6 is 0 Å². The number of piperidine rings is 1. The van der Waals surface area contributed by atoms with Crippen molar-refractivity contribution in [3.05, 3.63) is 29.6 Å². The third-order valence-corrected chi connectivity index (χ3v) is 3.69. The minimum atomic E-state index is -0.176. The van der Waals surface area contributed by atoms with Gasteiger partial charge in [0.15, 0.2) is 0 Å². The second-order valence-corrected chi connectivity index (χ2v) is 4.73. The van der Waals surface area contributed by atoms with Gasteiger partial charge in [-0.3, -0.25) is 0 Å². The third-order valence-electron chi connectivity index (χ3n) is 3.69. The van der Waals surface area contributed by atoms with E-state index in [9.17, 15) is 4.39 Å². The molecule has 0 saturated carbocycles. The van der Waals surface area contributed by atoms with E-state index in [-0.39, 0.29) is 12.4 Å². The van der Waals surface area contributed by atoms with Gasteiger partial charge in [0.2, 0.25) is 0 Å². The smallest absolute Gasteiger partial charge is 0.129 e. The highest BCUT2D eigenvalue weighted by molar-refractivity contribution is 5.49. The van der Waals surface area contributed by atoms with Crippen LogP contribution in [0, 0.1) is 5.82 Å². The molecule has 3 heteroatoms. The SMILES string of the molecule is CCC1CCCCN1c1ccc(CN)c(F)c1. The van der Waals surface area contributed by atoms with Crippen molar-refractivity contribution in [3.63, 3.8) is 0 Å². The van der Waals surface area contributed by atoms with E-state index in [0.717, 1.165) is 18.7 Å². The lowest BCUT2D eigenvalue weighted by Gasteiger charge is -2.37. The summed E-state index contributed by atoms with van der Waals surface area (Å²) in [5.74, 6) is -0.176. The van der Waals surface area contributed by atoms with E-state index in [0.29, 0.717) is 11.6 Å². The molecule has 0 aromatic heterocycles. The average Bonchev–Trinajstić information content (AvgIpc) is 2.38. The molecule has 0 radical (unpaired) electrons. The molecule has 1 aliphatic heterocycles. The molecule has 0 amide bonds. The minimum absolute atomic E-state index is 0.176. The molecule has 1 aromatic carbocycles. The lowest BCUT2D eigenvalue weighted by atomic mass is 9.99. The number of hydrogen-bond donors (Lipinski definition) is 1. The number of nitrogens with two attached hydrogens (primary N) is 1. The van der Waals surface area contributed by atoms with Crippen LogP contribution in [0.15, 0.2) is 18.2 Å². The highest BCUT2D eigenvalue weighted by Gasteiger charge is 2.21. The zero-order valence-electron chi connectivity index (χ0n) is 10.5. The molecular formula is C14H21FN2. The van der Waals surface area contributed by atoms with Crippen LogP contribution in [0.25, 0.3) is 0 Å². The van der Waals surface area contributed by atoms with Crippen LogP contribution in [0.1, 0.15) is 38.2 Å². The van der Waals surface area contributed by atoms with E-state index in [1.165, 1.54) is 19.3 Å². The van der Waals surface area contributed by atoms with E-state index in [1.54, 1.807) is 6.07 Å². The van der Waals surface area contributed by atoms with Gasteiger partial charge in [-0.05, 0) is 37.8 Å². The Hall–Kier alpha value is -1.09. The predicted molar refractivity (Wildman–Crippen MR) is 69.6 cm³/mol. The summed E-state index contributed by atoms with van der Waals surface area (Å²) in [4.78, 5) is 2.34. The van der Waals surface area contributed by atoms with Crippen LogP contribution in [0.5, 0.6) is 0 Å². The Bertz CT molecular complexity index is 378. The molecule has 94 valence electrons. The molecule has 17 heavy (non-hydrogen) atoms. The molecule has 1 aromatic rings. The van der Waals surface area contributed by atoms with Gasteiger partial charge in [-0.2, -0.15) is 0 Å². The van der Waals surface area contributed by atoms with Crippen molar-refractivity contribution in [1.82, 2.24) is 0 Å². The lowest BCUT2D eigenvalue weighted by molar-refractivity contribution is 0.449. The summed E-state index contributed by atoms with van der Waals surface area (Å²) in [5, 5.41) is 0. The summed E-state index contributed by atoms with van der Waals surface area (Å²) in [7, 11) is 0. The Morgan fingerprint density at radius 2 is 2.24 bits per heavy atom. The minimum Gasteiger partial charge on any atom is -0.368 e. The van der Waals surface area contributed by atoms with E-state index < -0.39 is 0 Å². The summed E-state index contributed by atoms with van der Waals surface area (Å²) in [6.07, 6.45) is 4.84. The van der Waals surface area contributed by atoms with Crippen molar-refractivity contribution in [3.8, 4) is 0 Å². The fourth-order valence-corrected chi connectivity index (χ4v) is 2.65. The molecule has 1 atom stereocenters. The maximum absolute atomic E-state index is 13.7. The van der Waals surface area contributed by atoms with Crippen molar-refractivity contribution in [2.24, 2.45) is 5.73 Å². The van der Waals surface area contributed by atoms with Gasteiger partial charge in [0, 0.05) is 30.4 Å². The number of rotatable bonds is 3. The van der Waals surface area contributed by atoms with Gasteiger partial charge in [-0.15, -0.1) is 0 Å². The van der Waals surface area contributed by atoms with Gasteiger partial charge in [0.05, 0.1) is 0 Å². The Balaban J connectivity index is 2.23. The molecule has 2 N–H and O–H groups in total. The summed E-state index contributed by atoms with van der Waals surface area (Å²) in [6.45, 7) is 3.51. The van der Waals surface area contributed by atoms with Crippen LogP contribution in [0.3, 0.4) is 0 Å². The zero-order chi connectivity index (χ0) is 12.3. The maximum atomic E-state index is 13.7. The molecule has 1 fully saturated rings. The Morgan fingerprint density at radius 1 is 1.41 bits per heavy atom. The Morgan fingerprint density at radius 3 is 2.88 bits per heavy atom. The second kappa shape index (κ2) is 5.50. The van der Waals surface area contributed by atoms with Gasteiger partial charge in [-0.1, -0.05) is 13.0 Å². The van der Waals surface area contributed by atoms with E-state index >= 15 is 0 Å². The molecular weight excluding hydrogens is 215 g/mol. The molecule has 0 aliphatic carbocycles. The lowest BCUT2D eigenvalue weighted by Crippen LogP contribution is -2.39. The van der Waals surface area contributed by atoms with Gasteiger partial charge in [0.1, 0.15) is 5.82 Å². The standard InChI is InChI=1S/C14H21FN2/c1-2-12-5-3-4-8-17(12)13-7-6-11(10-16)14(15)9-13/h6-7,9,12H,2-5,8,10,16H2,1H3. The molecule has 2 nitrogen and oxygen atoms in total. The van der Waals surface area contributed by atoms with Crippen molar-refractivity contribution in [2.45, 2.75) is 45.2 Å².